The molecule has 1 amide bonds. The molecule has 1 aromatic rings. The third-order valence-electron chi connectivity index (χ3n) is 1.37. The molecule has 0 saturated heterocycles. The molecule has 0 aliphatic carbocycles. The monoisotopic (exact) mass is 169 g/mol. The summed E-state index contributed by atoms with van der Waals surface area (Å²) in [5, 5.41) is 0. The number of hydrazine groups is 1. The largest absolute Gasteiger partial charge is 0.399 e. The number of hydrogen-bond donors (Lipinski definition) is 3. The molecule has 5 N–H and O–H groups in total. The van der Waals surface area contributed by atoms with Crippen LogP contribution in [0.5, 0.6) is 0 Å². The maximum atomic E-state index is 12.8. The minimum Gasteiger partial charge on any atom is -0.399 e. The van der Waals surface area contributed by atoms with E-state index in [-0.39, 0.29) is 5.56 Å². The van der Waals surface area contributed by atoms with Crippen molar-refractivity contribution in [2.45, 2.75) is 0 Å². The summed E-state index contributed by atoms with van der Waals surface area (Å²) in [6, 6.07) is 3.69. The van der Waals surface area contributed by atoms with Crippen LogP contribution < -0.4 is 17.0 Å². The predicted octanol–water partition coefficient (Wildman–Crippen LogP) is 0.0114. The maximum Gasteiger partial charge on any atom is 0.268 e. The number of nitrogens with two attached hydrogens (primary N) is 2. The number of halogens is 1. The van der Waals surface area contributed by atoms with Gasteiger partial charge in [-0.15, -0.1) is 0 Å². The van der Waals surface area contributed by atoms with Crippen LogP contribution in [0.1, 0.15) is 10.4 Å². The molecule has 5 heteroatoms. The van der Waals surface area contributed by atoms with Gasteiger partial charge in [0.25, 0.3) is 5.91 Å². The Hall–Kier alpha value is -1.62. The van der Waals surface area contributed by atoms with Crippen LogP contribution in [0.25, 0.3) is 0 Å². The number of carbonyl (C=O) groups is 1. The molecule has 0 saturated carbocycles. The van der Waals surface area contributed by atoms with E-state index in [1.54, 1.807) is 0 Å². The summed E-state index contributed by atoms with van der Waals surface area (Å²) in [7, 11) is 0. The zero-order valence-corrected chi connectivity index (χ0v) is 6.17. The standard InChI is InChI=1S/C7H8FN3O/c8-6-2-1-4(9)3-5(6)7(12)11-10/h1-3H,9-10H2,(H,11,12). The number of anilines is 1. The van der Waals surface area contributed by atoms with Crippen molar-refractivity contribution < 1.29 is 9.18 Å². The second-order valence-corrected chi connectivity index (χ2v) is 2.21. The molecule has 4 nitrogen and oxygen atoms in total. The van der Waals surface area contributed by atoms with Gasteiger partial charge in [-0.25, -0.2) is 10.2 Å². The fourth-order valence-corrected chi connectivity index (χ4v) is 0.795. The molecule has 0 spiro atoms. The van der Waals surface area contributed by atoms with Crippen molar-refractivity contribution in [2.75, 3.05) is 5.73 Å². The highest BCUT2D eigenvalue weighted by Crippen LogP contribution is 2.11. The molecule has 0 aliphatic rings. The zero-order valence-electron chi connectivity index (χ0n) is 6.17. The van der Waals surface area contributed by atoms with Gasteiger partial charge in [0.15, 0.2) is 0 Å². The Labute approximate surface area is 68.3 Å². The molecular formula is C7H8FN3O. The molecule has 1 rings (SSSR count). The van der Waals surface area contributed by atoms with Gasteiger partial charge in [0.05, 0.1) is 5.56 Å². The van der Waals surface area contributed by atoms with Gasteiger partial charge in [0.2, 0.25) is 0 Å². The van der Waals surface area contributed by atoms with E-state index in [0.717, 1.165) is 6.07 Å². The minimum atomic E-state index is -0.695. The highest BCUT2D eigenvalue weighted by Gasteiger charge is 2.09. The lowest BCUT2D eigenvalue weighted by Gasteiger charge is -2.01. The third-order valence-corrected chi connectivity index (χ3v) is 1.37. The van der Waals surface area contributed by atoms with Gasteiger partial charge >= 0.3 is 0 Å². The maximum absolute atomic E-state index is 12.8. The third kappa shape index (κ3) is 1.51. The molecule has 0 bridgehead atoms. The summed E-state index contributed by atoms with van der Waals surface area (Å²) < 4.78 is 12.8. The van der Waals surface area contributed by atoms with Crippen molar-refractivity contribution in [2.24, 2.45) is 5.84 Å². The molecule has 0 atom stereocenters. The van der Waals surface area contributed by atoms with Crippen molar-refractivity contribution in [1.82, 2.24) is 5.43 Å². The van der Waals surface area contributed by atoms with Gasteiger partial charge in [-0.1, -0.05) is 0 Å². The number of carbonyl (C=O) groups excluding carboxylic acids is 1. The first kappa shape index (κ1) is 8.48. The highest BCUT2D eigenvalue weighted by molar-refractivity contribution is 5.94. The lowest BCUT2D eigenvalue weighted by molar-refractivity contribution is 0.0949. The van der Waals surface area contributed by atoms with Crippen molar-refractivity contribution >= 4 is 11.6 Å². The Morgan fingerprint density at radius 3 is 2.75 bits per heavy atom. The summed E-state index contributed by atoms with van der Waals surface area (Å²) in [6.07, 6.45) is 0. The number of nitrogen functional groups attached to an aromatic ring is 2. The second kappa shape index (κ2) is 3.19. The van der Waals surface area contributed by atoms with Crippen LogP contribution in [0, 0.1) is 5.82 Å². The molecule has 0 aromatic heterocycles. The number of benzene rings is 1. The van der Waals surface area contributed by atoms with Gasteiger partial charge in [-0.05, 0) is 18.2 Å². The quantitative estimate of drug-likeness (QED) is 0.240. The molecule has 0 unspecified atom stereocenters. The molecule has 12 heavy (non-hydrogen) atoms. The first-order chi connectivity index (χ1) is 5.65. The Morgan fingerprint density at radius 2 is 2.17 bits per heavy atom. The van der Waals surface area contributed by atoms with E-state index in [1.165, 1.54) is 12.1 Å². The highest BCUT2D eigenvalue weighted by atomic mass is 19.1. The van der Waals surface area contributed by atoms with E-state index in [4.69, 9.17) is 11.6 Å². The summed E-state index contributed by atoms with van der Waals surface area (Å²) in [6.45, 7) is 0. The fourth-order valence-electron chi connectivity index (χ4n) is 0.795. The van der Waals surface area contributed by atoms with E-state index < -0.39 is 11.7 Å². The van der Waals surface area contributed by atoms with Crippen LogP contribution in [0.4, 0.5) is 10.1 Å². The Balaban J connectivity index is 3.13. The lowest BCUT2D eigenvalue weighted by Crippen LogP contribution is -2.30. The van der Waals surface area contributed by atoms with Crippen LogP contribution in [-0.2, 0) is 0 Å². The topological polar surface area (TPSA) is 81.1 Å². The first-order valence-corrected chi connectivity index (χ1v) is 3.21. The van der Waals surface area contributed by atoms with Crippen LogP contribution in [-0.4, -0.2) is 5.91 Å². The smallest absolute Gasteiger partial charge is 0.268 e. The molecule has 1 aromatic carbocycles. The van der Waals surface area contributed by atoms with E-state index in [0.29, 0.717) is 5.69 Å². The van der Waals surface area contributed by atoms with E-state index in [1.807, 2.05) is 5.43 Å². The van der Waals surface area contributed by atoms with Gasteiger partial charge in [0.1, 0.15) is 5.82 Å². The fraction of sp³-hybridized carbons (Fsp3) is 0. The normalized spacial score (nSPS) is 9.50. The van der Waals surface area contributed by atoms with E-state index in [2.05, 4.69) is 0 Å². The summed E-state index contributed by atoms with van der Waals surface area (Å²) >= 11 is 0. The lowest BCUT2D eigenvalue weighted by atomic mass is 10.2. The van der Waals surface area contributed by atoms with Gasteiger partial charge in [-0.2, -0.15) is 0 Å². The van der Waals surface area contributed by atoms with Crippen molar-refractivity contribution in [3.8, 4) is 0 Å². The average molecular weight is 169 g/mol. The average Bonchev–Trinajstić information content (AvgIpc) is 2.08. The van der Waals surface area contributed by atoms with Crippen molar-refractivity contribution in [3.05, 3.63) is 29.6 Å². The zero-order chi connectivity index (χ0) is 9.14. The molecule has 0 heterocycles. The predicted molar refractivity (Wildman–Crippen MR) is 42.5 cm³/mol. The van der Waals surface area contributed by atoms with Crippen LogP contribution in [0.15, 0.2) is 18.2 Å². The number of rotatable bonds is 1. The van der Waals surface area contributed by atoms with Gasteiger partial charge in [0, 0.05) is 5.69 Å². The molecule has 0 fully saturated rings. The molecule has 0 aliphatic heterocycles. The van der Waals surface area contributed by atoms with E-state index >= 15 is 0 Å². The molecule has 0 radical (unpaired) electrons. The Morgan fingerprint density at radius 1 is 1.50 bits per heavy atom. The first-order valence-electron chi connectivity index (χ1n) is 3.21. The van der Waals surface area contributed by atoms with E-state index in [9.17, 15) is 9.18 Å². The van der Waals surface area contributed by atoms with Crippen LogP contribution >= 0.6 is 0 Å². The van der Waals surface area contributed by atoms with Crippen LogP contribution in [0.3, 0.4) is 0 Å². The second-order valence-electron chi connectivity index (χ2n) is 2.21. The summed E-state index contributed by atoms with van der Waals surface area (Å²) in [4.78, 5) is 10.9. The Kier molecular flexibility index (Phi) is 2.25. The van der Waals surface area contributed by atoms with Crippen molar-refractivity contribution in [3.63, 3.8) is 0 Å². The van der Waals surface area contributed by atoms with Crippen molar-refractivity contribution in [1.29, 1.82) is 0 Å². The van der Waals surface area contributed by atoms with Crippen LogP contribution in [0.2, 0.25) is 0 Å². The van der Waals surface area contributed by atoms with Gasteiger partial charge in [-0.3, -0.25) is 10.2 Å². The number of hydrogen-bond acceptors (Lipinski definition) is 3. The summed E-state index contributed by atoms with van der Waals surface area (Å²) in [5.74, 6) is 3.48. The SMILES string of the molecule is NNC(=O)c1cc(N)ccc1F. The molecule has 64 valence electrons. The number of amides is 1. The summed E-state index contributed by atoms with van der Waals surface area (Å²) in [5.41, 5.74) is 7.31. The number of nitrogens with one attached hydrogen (secondary N) is 1. The van der Waals surface area contributed by atoms with Gasteiger partial charge < -0.3 is 5.73 Å². The minimum absolute atomic E-state index is 0.155. The molecular weight excluding hydrogens is 161 g/mol. The Bertz CT molecular complexity index is 314.